The van der Waals surface area contributed by atoms with Gasteiger partial charge in [-0.3, -0.25) is 14.1 Å². The van der Waals surface area contributed by atoms with Crippen LogP contribution < -0.4 is 0 Å². The summed E-state index contributed by atoms with van der Waals surface area (Å²) in [6, 6.07) is 0. The van der Waals surface area contributed by atoms with Crippen LogP contribution in [0.25, 0.3) is 0 Å². The normalized spacial score (nSPS) is 19.5. The fourth-order valence-electron chi connectivity index (χ4n) is 8.56. The maximum absolute atomic E-state index is 12.9. The quantitative estimate of drug-likeness (QED) is 0.0257. The lowest BCUT2D eigenvalue weighted by molar-refractivity contribution is -0.297. The number of hydrogen-bond donors (Lipinski definition) is 4. The maximum Gasteiger partial charge on any atom is 0.306 e. The van der Waals surface area contributed by atoms with Crippen LogP contribution in [0.1, 0.15) is 258 Å². The van der Waals surface area contributed by atoms with E-state index in [1.165, 1.54) is 180 Å². The zero-order valence-electron chi connectivity index (χ0n) is 40.9. The molecular weight excluding hydrogens is 837 g/mol. The Kier molecular flexibility index (Phi) is 39.6. The number of rotatable bonds is 46. The first-order valence-corrected chi connectivity index (χ1v) is 28.2. The fraction of sp³-hybridized carbons (Fsp3) is 0.961. The smallest absolute Gasteiger partial charge is 0.306 e. The van der Waals surface area contributed by atoms with Gasteiger partial charge in [-0.05, 0) is 12.8 Å². The van der Waals surface area contributed by atoms with Gasteiger partial charge >= 0.3 is 11.9 Å². The third-order valence-electron chi connectivity index (χ3n) is 12.7. The molecule has 0 aromatic carbocycles. The molecule has 1 fully saturated rings. The molecule has 1 saturated heterocycles. The van der Waals surface area contributed by atoms with Crippen molar-refractivity contribution in [3.8, 4) is 0 Å². The molecule has 0 aromatic heterocycles. The lowest BCUT2D eigenvalue weighted by Crippen LogP contribution is -2.60. The van der Waals surface area contributed by atoms with Crippen LogP contribution in [0.4, 0.5) is 0 Å². The molecule has 0 aromatic rings. The molecule has 1 aliphatic rings. The molecular formula is C51H98O12S. The fourth-order valence-corrected chi connectivity index (χ4v) is 9.25. The summed E-state index contributed by atoms with van der Waals surface area (Å²) in [5.74, 6) is -1.96. The van der Waals surface area contributed by atoms with E-state index in [0.29, 0.717) is 12.8 Å². The van der Waals surface area contributed by atoms with Gasteiger partial charge in [0.25, 0.3) is 10.1 Å². The Labute approximate surface area is 391 Å². The van der Waals surface area contributed by atoms with Crippen molar-refractivity contribution in [3.05, 3.63) is 0 Å². The predicted octanol–water partition coefficient (Wildman–Crippen LogP) is 12.0. The van der Waals surface area contributed by atoms with Crippen molar-refractivity contribution in [1.29, 1.82) is 0 Å². The van der Waals surface area contributed by atoms with Gasteiger partial charge in [-0.2, -0.15) is 8.42 Å². The third-order valence-corrected chi connectivity index (χ3v) is 13.4. The molecule has 4 N–H and O–H groups in total. The van der Waals surface area contributed by atoms with Crippen molar-refractivity contribution in [1.82, 2.24) is 0 Å². The number of aliphatic hydroxyl groups is 3. The number of unbranched alkanes of at least 4 members (excludes halogenated alkanes) is 34. The number of hydrogen-bond acceptors (Lipinski definition) is 11. The Morgan fingerprint density at radius 2 is 0.797 bits per heavy atom. The summed E-state index contributed by atoms with van der Waals surface area (Å²) >= 11 is 0. The lowest BCUT2D eigenvalue weighted by Gasteiger charge is -2.40. The second kappa shape index (κ2) is 41.8. The van der Waals surface area contributed by atoms with Crippen LogP contribution in [-0.2, 0) is 38.7 Å². The van der Waals surface area contributed by atoms with Crippen molar-refractivity contribution in [2.75, 3.05) is 19.0 Å². The van der Waals surface area contributed by atoms with Crippen molar-refractivity contribution in [2.24, 2.45) is 0 Å². The van der Waals surface area contributed by atoms with Crippen LogP contribution in [0, 0.1) is 0 Å². The topological polar surface area (TPSA) is 186 Å². The van der Waals surface area contributed by atoms with E-state index in [-0.39, 0.29) is 19.4 Å². The van der Waals surface area contributed by atoms with Gasteiger partial charge < -0.3 is 34.3 Å². The van der Waals surface area contributed by atoms with Gasteiger partial charge in [0, 0.05) is 12.8 Å². The van der Waals surface area contributed by atoms with Gasteiger partial charge in [0.2, 0.25) is 0 Å². The van der Waals surface area contributed by atoms with E-state index in [9.17, 15) is 37.9 Å². The highest BCUT2D eigenvalue weighted by Crippen LogP contribution is 2.24. The summed E-state index contributed by atoms with van der Waals surface area (Å²) in [6.07, 6.45) is 35.7. The van der Waals surface area contributed by atoms with Gasteiger partial charge in [0.05, 0.1) is 6.61 Å². The molecule has 0 bridgehead atoms. The van der Waals surface area contributed by atoms with E-state index < -0.39 is 71.2 Å². The molecule has 6 atom stereocenters. The SMILES string of the molecule is CCCCCCCCCCCCCCCCCCCCCCC(=O)OC(COC(=O)CCCCCCCCCCCCCCCCCC)COC1OC(CS(=O)(=O)O)C(O)C(O)C1O. The van der Waals surface area contributed by atoms with E-state index in [1.54, 1.807) is 0 Å². The molecule has 12 nitrogen and oxygen atoms in total. The van der Waals surface area contributed by atoms with Gasteiger partial charge in [0.1, 0.15) is 36.8 Å². The standard InChI is InChI=1S/C51H98O12S/c1-3-5-7-9-11-13-15-17-19-21-22-23-24-26-28-30-32-34-36-38-40-47(53)62-44(42-61-51-50(56)49(55)48(54)45(63-51)43-64(57,58)59)41-60-46(52)39-37-35-33-31-29-27-25-20-18-16-14-12-10-8-6-4-2/h44-45,48-51,54-56H,3-43H2,1-2H3,(H,57,58,59). The average Bonchev–Trinajstić information content (AvgIpc) is 3.26. The molecule has 6 unspecified atom stereocenters. The number of aliphatic hydroxyl groups excluding tert-OH is 3. The largest absolute Gasteiger partial charge is 0.462 e. The molecule has 1 heterocycles. The molecule has 0 spiro atoms. The predicted molar refractivity (Wildman–Crippen MR) is 257 cm³/mol. The molecule has 0 aliphatic carbocycles. The third kappa shape index (κ3) is 35.8. The van der Waals surface area contributed by atoms with E-state index in [1.807, 2.05) is 0 Å². The van der Waals surface area contributed by atoms with Crippen molar-refractivity contribution in [2.45, 2.75) is 295 Å². The van der Waals surface area contributed by atoms with Crippen LogP contribution in [0.2, 0.25) is 0 Å². The molecule has 64 heavy (non-hydrogen) atoms. The van der Waals surface area contributed by atoms with Crippen molar-refractivity contribution >= 4 is 22.1 Å². The summed E-state index contributed by atoms with van der Waals surface area (Å²) in [6.45, 7) is 3.82. The Morgan fingerprint density at radius 1 is 0.469 bits per heavy atom. The summed E-state index contributed by atoms with van der Waals surface area (Å²) in [5, 5.41) is 31.0. The monoisotopic (exact) mass is 935 g/mol. The molecule has 0 amide bonds. The highest BCUT2D eigenvalue weighted by atomic mass is 32.2. The first kappa shape index (κ1) is 60.7. The van der Waals surface area contributed by atoms with E-state index in [2.05, 4.69) is 13.8 Å². The Bertz CT molecular complexity index is 1190. The molecule has 0 saturated carbocycles. The summed E-state index contributed by atoms with van der Waals surface area (Å²) < 4.78 is 54.3. The second-order valence-corrected chi connectivity index (χ2v) is 20.4. The first-order chi connectivity index (χ1) is 31.0. The minimum absolute atomic E-state index is 0.173. The van der Waals surface area contributed by atoms with E-state index >= 15 is 0 Å². The molecule has 0 radical (unpaired) electrons. The number of carbonyl (C=O) groups excluding carboxylic acids is 2. The van der Waals surface area contributed by atoms with E-state index in [0.717, 1.165) is 38.5 Å². The maximum atomic E-state index is 12.9. The van der Waals surface area contributed by atoms with Crippen LogP contribution in [-0.4, -0.2) is 96.0 Å². The van der Waals surface area contributed by atoms with Crippen LogP contribution >= 0.6 is 0 Å². The zero-order chi connectivity index (χ0) is 46.9. The first-order valence-electron chi connectivity index (χ1n) is 26.6. The highest BCUT2D eigenvalue weighted by molar-refractivity contribution is 7.85. The Balaban J connectivity index is 2.34. The van der Waals surface area contributed by atoms with Gasteiger partial charge in [-0.15, -0.1) is 0 Å². The molecule has 1 rings (SSSR count). The van der Waals surface area contributed by atoms with Gasteiger partial charge in [0.15, 0.2) is 12.4 Å². The van der Waals surface area contributed by atoms with Crippen molar-refractivity contribution in [3.63, 3.8) is 0 Å². The average molecular weight is 935 g/mol. The van der Waals surface area contributed by atoms with Crippen LogP contribution in [0.15, 0.2) is 0 Å². The second-order valence-electron chi connectivity index (χ2n) is 18.9. The number of carbonyl (C=O) groups is 2. The van der Waals surface area contributed by atoms with Crippen molar-refractivity contribution < 1.29 is 56.8 Å². The lowest BCUT2D eigenvalue weighted by atomic mass is 10.00. The number of esters is 2. The van der Waals surface area contributed by atoms with E-state index in [4.69, 9.17) is 18.9 Å². The summed E-state index contributed by atoms with van der Waals surface area (Å²) in [7, 11) is -4.60. The molecule has 380 valence electrons. The number of ether oxygens (including phenoxy) is 4. The Morgan fingerprint density at radius 3 is 1.14 bits per heavy atom. The van der Waals surface area contributed by atoms with Gasteiger partial charge in [-0.25, -0.2) is 0 Å². The van der Waals surface area contributed by atoms with Crippen LogP contribution in [0.5, 0.6) is 0 Å². The minimum atomic E-state index is -4.60. The highest BCUT2D eigenvalue weighted by Gasteiger charge is 2.46. The minimum Gasteiger partial charge on any atom is -0.462 e. The summed E-state index contributed by atoms with van der Waals surface area (Å²) in [4.78, 5) is 25.5. The summed E-state index contributed by atoms with van der Waals surface area (Å²) in [5.41, 5.74) is 0. The molecule has 1 aliphatic heterocycles. The zero-order valence-corrected chi connectivity index (χ0v) is 41.7. The van der Waals surface area contributed by atoms with Crippen LogP contribution in [0.3, 0.4) is 0 Å². The van der Waals surface area contributed by atoms with Gasteiger partial charge in [-0.1, -0.05) is 232 Å². The molecule has 13 heteroatoms. The Hall–Kier alpha value is -1.35.